The predicted molar refractivity (Wildman–Crippen MR) is 70.9 cm³/mol. The first-order valence-electron chi connectivity index (χ1n) is 6.25. The Morgan fingerprint density at radius 2 is 1.90 bits per heavy atom. The van der Waals surface area contributed by atoms with E-state index in [9.17, 15) is 18.8 Å². The lowest BCUT2D eigenvalue weighted by molar-refractivity contribution is -0.144. The molecule has 0 spiro atoms. The summed E-state index contributed by atoms with van der Waals surface area (Å²) in [4.78, 5) is 33.7. The van der Waals surface area contributed by atoms with Crippen molar-refractivity contribution in [3.8, 4) is 0 Å². The zero-order chi connectivity index (χ0) is 15.8. The summed E-state index contributed by atoms with van der Waals surface area (Å²) < 4.78 is 17.1. The maximum absolute atomic E-state index is 12.7. The average Bonchev–Trinajstić information content (AvgIpc) is 2.45. The molecule has 1 aromatic carbocycles. The molecule has 1 aromatic rings. The van der Waals surface area contributed by atoms with Gasteiger partial charge in [-0.25, -0.2) is 9.18 Å². The maximum atomic E-state index is 12.7. The second kappa shape index (κ2) is 7.98. The largest absolute Gasteiger partial charge is 0.480 e. The topological polar surface area (TPSA) is 92.7 Å². The monoisotopic (exact) mass is 297 g/mol. The number of hydrogen-bond donors (Lipinski definition) is 2. The molecule has 21 heavy (non-hydrogen) atoms. The van der Waals surface area contributed by atoms with Gasteiger partial charge in [-0.1, -0.05) is 12.1 Å². The number of rotatable bonds is 7. The molecule has 1 amide bonds. The van der Waals surface area contributed by atoms with Crippen LogP contribution in [0, 0.1) is 5.82 Å². The van der Waals surface area contributed by atoms with E-state index in [0.717, 1.165) is 0 Å². The van der Waals surface area contributed by atoms with Crippen LogP contribution in [0.5, 0.6) is 0 Å². The quantitative estimate of drug-likeness (QED) is 0.729. The third-order valence-corrected chi connectivity index (χ3v) is 2.78. The molecule has 1 unspecified atom stereocenters. The standard InChI is InChI=1S/C14H16FNO5/c1-21-13(18)7-6-11(14(19)20)16-12(17)8-9-2-4-10(15)5-3-9/h2-5,11H,6-8H2,1H3,(H,16,17)(H,19,20). The Labute approximate surface area is 120 Å². The highest BCUT2D eigenvalue weighted by atomic mass is 19.1. The molecule has 0 aliphatic carbocycles. The van der Waals surface area contributed by atoms with Crippen molar-refractivity contribution in [1.82, 2.24) is 5.32 Å². The van der Waals surface area contributed by atoms with E-state index in [2.05, 4.69) is 10.1 Å². The molecule has 114 valence electrons. The SMILES string of the molecule is COC(=O)CCC(NC(=O)Cc1ccc(F)cc1)C(=O)O. The molecule has 0 heterocycles. The average molecular weight is 297 g/mol. The summed E-state index contributed by atoms with van der Waals surface area (Å²) in [5.74, 6) is -2.71. The fourth-order valence-electron chi connectivity index (χ4n) is 1.65. The van der Waals surface area contributed by atoms with Gasteiger partial charge in [0.05, 0.1) is 13.5 Å². The van der Waals surface area contributed by atoms with Crippen molar-refractivity contribution < 1.29 is 28.6 Å². The van der Waals surface area contributed by atoms with Crippen molar-refractivity contribution in [3.05, 3.63) is 35.6 Å². The highest BCUT2D eigenvalue weighted by molar-refractivity contribution is 5.85. The van der Waals surface area contributed by atoms with E-state index in [-0.39, 0.29) is 19.3 Å². The molecule has 0 aromatic heterocycles. The second-order valence-corrected chi connectivity index (χ2v) is 4.38. The first-order chi connectivity index (χ1) is 9.92. The van der Waals surface area contributed by atoms with Gasteiger partial charge in [0, 0.05) is 6.42 Å². The molecule has 0 aliphatic rings. The summed E-state index contributed by atoms with van der Waals surface area (Å²) in [7, 11) is 1.20. The Kier molecular flexibility index (Phi) is 6.32. The van der Waals surface area contributed by atoms with Crippen LogP contribution in [0.15, 0.2) is 24.3 Å². The van der Waals surface area contributed by atoms with Gasteiger partial charge in [0.2, 0.25) is 5.91 Å². The van der Waals surface area contributed by atoms with Gasteiger partial charge < -0.3 is 15.2 Å². The Hall–Kier alpha value is -2.44. The summed E-state index contributed by atoms with van der Waals surface area (Å²) in [5, 5.41) is 11.3. The molecule has 7 heteroatoms. The van der Waals surface area contributed by atoms with Crippen LogP contribution in [-0.2, 0) is 25.5 Å². The Morgan fingerprint density at radius 1 is 1.29 bits per heavy atom. The molecule has 6 nitrogen and oxygen atoms in total. The molecule has 2 N–H and O–H groups in total. The van der Waals surface area contributed by atoms with E-state index >= 15 is 0 Å². The van der Waals surface area contributed by atoms with Crippen molar-refractivity contribution >= 4 is 17.8 Å². The third kappa shape index (κ3) is 6.03. The fraction of sp³-hybridized carbons (Fsp3) is 0.357. The summed E-state index contributed by atoms with van der Waals surface area (Å²) in [6.07, 6.45) is -0.232. The zero-order valence-electron chi connectivity index (χ0n) is 11.5. The minimum Gasteiger partial charge on any atom is -0.480 e. The number of halogens is 1. The number of nitrogens with one attached hydrogen (secondary N) is 1. The minimum absolute atomic E-state index is 0.0584. The summed E-state index contributed by atoms with van der Waals surface area (Å²) in [6.45, 7) is 0. The first kappa shape index (κ1) is 16.6. The Balaban J connectivity index is 2.54. The number of aliphatic carboxylic acids is 1. The van der Waals surface area contributed by atoms with Gasteiger partial charge in [0.25, 0.3) is 0 Å². The van der Waals surface area contributed by atoms with Gasteiger partial charge in [0.15, 0.2) is 0 Å². The number of methoxy groups -OCH3 is 1. The summed E-state index contributed by atoms with van der Waals surface area (Å²) >= 11 is 0. The highest BCUT2D eigenvalue weighted by Gasteiger charge is 2.21. The smallest absolute Gasteiger partial charge is 0.326 e. The van der Waals surface area contributed by atoms with Gasteiger partial charge in [-0.3, -0.25) is 9.59 Å². The molecule has 0 radical (unpaired) electrons. The number of carbonyl (C=O) groups excluding carboxylic acids is 2. The molecule has 1 rings (SSSR count). The van der Waals surface area contributed by atoms with Gasteiger partial charge in [-0.2, -0.15) is 0 Å². The molecule has 0 aliphatic heterocycles. The van der Waals surface area contributed by atoms with Crippen molar-refractivity contribution in [2.45, 2.75) is 25.3 Å². The normalized spacial score (nSPS) is 11.5. The Bertz CT molecular complexity index is 515. The number of esters is 1. The lowest BCUT2D eigenvalue weighted by Crippen LogP contribution is -2.41. The van der Waals surface area contributed by atoms with Crippen molar-refractivity contribution in [2.24, 2.45) is 0 Å². The van der Waals surface area contributed by atoms with Crippen LogP contribution < -0.4 is 5.32 Å². The molecule has 0 saturated carbocycles. The van der Waals surface area contributed by atoms with E-state index in [1.807, 2.05) is 0 Å². The molecule has 0 fully saturated rings. The van der Waals surface area contributed by atoms with Crippen LogP contribution in [0.3, 0.4) is 0 Å². The minimum atomic E-state index is -1.23. The van der Waals surface area contributed by atoms with E-state index in [4.69, 9.17) is 5.11 Å². The van der Waals surface area contributed by atoms with E-state index < -0.39 is 29.7 Å². The molecule has 0 bridgehead atoms. The number of carboxylic acid groups (broad SMARTS) is 1. The molecule has 1 atom stereocenters. The van der Waals surface area contributed by atoms with Crippen molar-refractivity contribution in [3.63, 3.8) is 0 Å². The van der Waals surface area contributed by atoms with E-state index in [0.29, 0.717) is 5.56 Å². The predicted octanol–water partition coefficient (Wildman–Crippen LogP) is 0.891. The third-order valence-electron chi connectivity index (χ3n) is 2.78. The second-order valence-electron chi connectivity index (χ2n) is 4.38. The maximum Gasteiger partial charge on any atom is 0.326 e. The van der Waals surface area contributed by atoms with Crippen molar-refractivity contribution in [1.29, 1.82) is 0 Å². The molecular weight excluding hydrogens is 281 g/mol. The van der Waals surface area contributed by atoms with Gasteiger partial charge in [0.1, 0.15) is 11.9 Å². The van der Waals surface area contributed by atoms with Gasteiger partial charge in [-0.05, 0) is 24.1 Å². The van der Waals surface area contributed by atoms with Gasteiger partial charge >= 0.3 is 11.9 Å². The van der Waals surface area contributed by atoms with E-state index in [1.165, 1.54) is 31.4 Å². The van der Waals surface area contributed by atoms with Crippen LogP contribution in [0.2, 0.25) is 0 Å². The number of carboxylic acids is 1. The van der Waals surface area contributed by atoms with Crippen LogP contribution >= 0.6 is 0 Å². The summed E-state index contributed by atoms with van der Waals surface area (Å²) in [6, 6.07) is 4.15. The zero-order valence-corrected chi connectivity index (χ0v) is 11.5. The van der Waals surface area contributed by atoms with Crippen LogP contribution in [0.1, 0.15) is 18.4 Å². The number of benzene rings is 1. The van der Waals surface area contributed by atoms with Crippen LogP contribution in [0.25, 0.3) is 0 Å². The Morgan fingerprint density at radius 3 is 2.43 bits per heavy atom. The van der Waals surface area contributed by atoms with Crippen LogP contribution in [-0.4, -0.2) is 36.1 Å². The number of hydrogen-bond acceptors (Lipinski definition) is 4. The fourth-order valence-corrected chi connectivity index (χ4v) is 1.65. The lowest BCUT2D eigenvalue weighted by Gasteiger charge is -2.14. The van der Waals surface area contributed by atoms with Crippen LogP contribution in [0.4, 0.5) is 4.39 Å². The molecule has 0 saturated heterocycles. The first-order valence-corrected chi connectivity index (χ1v) is 6.25. The van der Waals surface area contributed by atoms with Gasteiger partial charge in [-0.15, -0.1) is 0 Å². The highest BCUT2D eigenvalue weighted by Crippen LogP contribution is 2.05. The number of amides is 1. The summed E-state index contributed by atoms with van der Waals surface area (Å²) in [5.41, 5.74) is 0.561. The van der Waals surface area contributed by atoms with E-state index in [1.54, 1.807) is 0 Å². The molecular formula is C14H16FNO5. The van der Waals surface area contributed by atoms with Crippen molar-refractivity contribution in [2.75, 3.05) is 7.11 Å². The number of ether oxygens (including phenoxy) is 1. The number of carbonyl (C=O) groups is 3. The lowest BCUT2D eigenvalue weighted by atomic mass is 10.1.